The number of hydrogen-bond donors (Lipinski definition) is 1. The lowest BCUT2D eigenvalue weighted by atomic mass is 9.77. The Bertz CT molecular complexity index is 246. The summed E-state index contributed by atoms with van der Waals surface area (Å²) in [6.45, 7) is 5.71. The first-order valence-electron chi connectivity index (χ1n) is 7.20. The molecule has 0 bridgehead atoms. The number of nitrogens with one attached hydrogen (secondary N) is 1. The van der Waals surface area contributed by atoms with Crippen molar-refractivity contribution in [3.05, 3.63) is 0 Å². The molecule has 19 heavy (non-hydrogen) atoms. The quantitative estimate of drug-likeness (QED) is 0.508. The predicted octanol–water partition coefficient (Wildman–Crippen LogP) is 1.36. The van der Waals surface area contributed by atoms with E-state index in [9.17, 15) is 4.79 Å². The average molecular weight is 273 g/mol. The molecule has 1 atom stereocenters. The molecule has 1 aliphatic heterocycles. The van der Waals surface area contributed by atoms with Gasteiger partial charge in [-0.1, -0.05) is 13.3 Å². The van der Waals surface area contributed by atoms with Crippen LogP contribution < -0.4 is 5.32 Å². The molecule has 0 saturated carbocycles. The first-order chi connectivity index (χ1) is 9.25. The monoisotopic (exact) mass is 273 g/mol. The minimum Gasteiger partial charge on any atom is -0.463 e. The summed E-state index contributed by atoms with van der Waals surface area (Å²) in [4.78, 5) is 12.3. The van der Waals surface area contributed by atoms with E-state index in [1.54, 1.807) is 7.11 Å². The van der Waals surface area contributed by atoms with Crippen LogP contribution in [0, 0.1) is 5.41 Å². The highest BCUT2D eigenvalue weighted by molar-refractivity contribution is 5.77. The number of rotatable bonds is 9. The Morgan fingerprint density at radius 1 is 1.26 bits per heavy atom. The number of carbonyl (C=O) groups is 1. The van der Waals surface area contributed by atoms with Crippen molar-refractivity contribution in [2.75, 3.05) is 46.6 Å². The number of hydrogen-bond acceptors (Lipinski definition) is 5. The van der Waals surface area contributed by atoms with Gasteiger partial charge in [-0.15, -0.1) is 0 Å². The van der Waals surface area contributed by atoms with E-state index in [2.05, 4.69) is 12.2 Å². The summed E-state index contributed by atoms with van der Waals surface area (Å²) in [6.07, 6.45) is 3.86. The molecule has 112 valence electrons. The van der Waals surface area contributed by atoms with Crippen LogP contribution in [0.3, 0.4) is 0 Å². The normalized spacial score (nSPS) is 23.3. The van der Waals surface area contributed by atoms with E-state index in [4.69, 9.17) is 14.2 Å². The molecule has 0 radical (unpaired) electrons. The van der Waals surface area contributed by atoms with Gasteiger partial charge < -0.3 is 19.5 Å². The second-order valence-electron chi connectivity index (χ2n) is 5.05. The number of carbonyl (C=O) groups excluding carboxylic acids is 1. The summed E-state index contributed by atoms with van der Waals surface area (Å²) in [5.74, 6) is -0.0723. The molecule has 0 aromatic rings. The molecule has 1 saturated heterocycles. The molecule has 1 N–H and O–H groups in total. The van der Waals surface area contributed by atoms with Gasteiger partial charge in [0.2, 0.25) is 0 Å². The van der Waals surface area contributed by atoms with E-state index >= 15 is 0 Å². The van der Waals surface area contributed by atoms with Crippen molar-refractivity contribution in [1.29, 1.82) is 0 Å². The summed E-state index contributed by atoms with van der Waals surface area (Å²) < 4.78 is 15.5. The molecular formula is C14H27NO4. The molecule has 1 heterocycles. The zero-order valence-electron chi connectivity index (χ0n) is 12.2. The van der Waals surface area contributed by atoms with Crippen molar-refractivity contribution in [2.24, 2.45) is 5.41 Å². The van der Waals surface area contributed by atoms with E-state index in [0.29, 0.717) is 26.4 Å². The number of ether oxygens (including phenoxy) is 3. The topological polar surface area (TPSA) is 56.8 Å². The molecule has 1 aliphatic rings. The molecule has 5 nitrogen and oxygen atoms in total. The summed E-state index contributed by atoms with van der Waals surface area (Å²) >= 11 is 0. The molecular weight excluding hydrogens is 246 g/mol. The van der Waals surface area contributed by atoms with Crippen LogP contribution in [0.15, 0.2) is 0 Å². The Kier molecular flexibility index (Phi) is 8.02. The van der Waals surface area contributed by atoms with Gasteiger partial charge in [-0.3, -0.25) is 4.79 Å². The van der Waals surface area contributed by atoms with Crippen molar-refractivity contribution >= 4 is 5.97 Å². The Labute approximate surface area is 116 Å². The molecule has 0 spiro atoms. The van der Waals surface area contributed by atoms with E-state index in [-0.39, 0.29) is 11.4 Å². The Balaban J connectivity index is 2.28. The minimum atomic E-state index is -0.320. The number of piperidine rings is 1. The van der Waals surface area contributed by atoms with Crippen LogP contribution in [0.4, 0.5) is 0 Å². The lowest BCUT2D eigenvalue weighted by molar-refractivity contribution is -0.159. The van der Waals surface area contributed by atoms with Gasteiger partial charge >= 0.3 is 5.97 Å². The fraction of sp³-hybridized carbons (Fsp3) is 0.929. The molecule has 1 fully saturated rings. The molecule has 0 aromatic carbocycles. The average Bonchev–Trinajstić information content (AvgIpc) is 2.44. The predicted molar refractivity (Wildman–Crippen MR) is 73.1 cm³/mol. The molecule has 1 unspecified atom stereocenters. The highest BCUT2D eigenvalue weighted by Gasteiger charge is 2.40. The second kappa shape index (κ2) is 9.28. The van der Waals surface area contributed by atoms with Crippen LogP contribution in [0.5, 0.6) is 0 Å². The number of methoxy groups -OCH3 is 1. The van der Waals surface area contributed by atoms with Gasteiger partial charge in [0.25, 0.3) is 0 Å². The van der Waals surface area contributed by atoms with Gasteiger partial charge in [0.05, 0.1) is 25.2 Å². The lowest BCUT2D eigenvalue weighted by Crippen LogP contribution is -2.46. The third-order valence-electron chi connectivity index (χ3n) is 3.53. The number of esters is 1. The van der Waals surface area contributed by atoms with Crippen LogP contribution >= 0.6 is 0 Å². The maximum Gasteiger partial charge on any atom is 0.313 e. The van der Waals surface area contributed by atoms with Gasteiger partial charge in [0, 0.05) is 13.7 Å². The SMILES string of the molecule is CCCC1(C(=O)OCCOCCOC)CCCNC1. The summed E-state index contributed by atoms with van der Waals surface area (Å²) in [5.41, 5.74) is -0.320. The Morgan fingerprint density at radius 3 is 2.68 bits per heavy atom. The van der Waals surface area contributed by atoms with Gasteiger partial charge in [0.15, 0.2) is 0 Å². The Morgan fingerprint density at radius 2 is 2.05 bits per heavy atom. The molecule has 0 aliphatic carbocycles. The van der Waals surface area contributed by atoms with Crippen LogP contribution in [0.2, 0.25) is 0 Å². The summed E-state index contributed by atoms with van der Waals surface area (Å²) in [7, 11) is 1.63. The lowest BCUT2D eigenvalue weighted by Gasteiger charge is -2.35. The maximum atomic E-state index is 12.3. The van der Waals surface area contributed by atoms with Crippen LogP contribution in [0.1, 0.15) is 32.6 Å². The van der Waals surface area contributed by atoms with Crippen molar-refractivity contribution < 1.29 is 19.0 Å². The van der Waals surface area contributed by atoms with E-state index < -0.39 is 0 Å². The third kappa shape index (κ3) is 5.47. The summed E-state index contributed by atoms with van der Waals surface area (Å²) in [5, 5.41) is 3.31. The van der Waals surface area contributed by atoms with Crippen LogP contribution in [-0.2, 0) is 19.0 Å². The summed E-state index contributed by atoms with van der Waals surface area (Å²) in [6, 6.07) is 0. The van der Waals surface area contributed by atoms with E-state index in [1.165, 1.54) is 0 Å². The van der Waals surface area contributed by atoms with Gasteiger partial charge in [-0.05, 0) is 25.8 Å². The van der Waals surface area contributed by atoms with Crippen molar-refractivity contribution in [2.45, 2.75) is 32.6 Å². The molecule has 0 amide bonds. The zero-order chi connectivity index (χ0) is 14.0. The van der Waals surface area contributed by atoms with Gasteiger partial charge in [-0.2, -0.15) is 0 Å². The van der Waals surface area contributed by atoms with Crippen molar-refractivity contribution in [3.63, 3.8) is 0 Å². The standard InChI is InChI=1S/C14H27NO4/c1-3-5-14(6-4-7-15-12-14)13(16)19-11-10-18-9-8-17-2/h15H,3-12H2,1-2H3. The maximum absolute atomic E-state index is 12.3. The zero-order valence-corrected chi connectivity index (χ0v) is 12.2. The largest absolute Gasteiger partial charge is 0.463 e. The molecule has 1 rings (SSSR count). The van der Waals surface area contributed by atoms with Crippen LogP contribution in [0.25, 0.3) is 0 Å². The first kappa shape index (κ1) is 16.4. The van der Waals surface area contributed by atoms with Gasteiger partial charge in [-0.25, -0.2) is 0 Å². The highest BCUT2D eigenvalue weighted by atomic mass is 16.6. The van der Waals surface area contributed by atoms with E-state index in [0.717, 1.165) is 38.8 Å². The molecule has 5 heteroatoms. The third-order valence-corrected chi connectivity index (χ3v) is 3.53. The smallest absolute Gasteiger partial charge is 0.313 e. The highest BCUT2D eigenvalue weighted by Crippen LogP contribution is 2.32. The van der Waals surface area contributed by atoms with Gasteiger partial charge in [0.1, 0.15) is 6.61 Å². The van der Waals surface area contributed by atoms with Crippen molar-refractivity contribution in [3.8, 4) is 0 Å². The molecule has 0 aromatic heterocycles. The van der Waals surface area contributed by atoms with E-state index in [1.807, 2.05) is 0 Å². The fourth-order valence-electron chi connectivity index (χ4n) is 2.53. The first-order valence-corrected chi connectivity index (χ1v) is 7.20. The fourth-order valence-corrected chi connectivity index (χ4v) is 2.53. The van der Waals surface area contributed by atoms with Crippen LogP contribution in [-0.4, -0.2) is 52.6 Å². The van der Waals surface area contributed by atoms with Crippen molar-refractivity contribution in [1.82, 2.24) is 5.32 Å². The second-order valence-corrected chi connectivity index (χ2v) is 5.05. The minimum absolute atomic E-state index is 0.0723. The Hall–Kier alpha value is -0.650.